The summed E-state index contributed by atoms with van der Waals surface area (Å²) in [6.45, 7) is 9.44. The van der Waals surface area contributed by atoms with Crippen molar-refractivity contribution in [3.05, 3.63) is 0 Å². The molecule has 0 radical (unpaired) electrons. The fourth-order valence-electron chi connectivity index (χ4n) is 11.5. The van der Waals surface area contributed by atoms with Gasteiger partial charge < -0.3 is 33.8 Å². The number of rotatable bonds is 74. The Kier molecular flexibility index (Phi) is 65.5. The average molecular weight is 1380 g/mol. The Morgan fingerprint density at radius 1 is 0.287 bits per heavy atom. The molecule has 19 heteroatoms. The van der Waals surface area contributed by atoms with E-state index in [1.54, 1.807) is 0 Å². The standard InChI is InChI=1S/C75H146O17P2/c1-7-9-11-13-15-17-19-21-23-25-27-29-31-33-35-39-47-53-59-74(79)91-70(63-85-72(77)57-51-45-38-34-32-30-28-26-24-22-20-18-16-14-12-10-8-2)65-89-93(81,82)87-61-69(76)62-88-94(83,84)90-66-71(64-86-73(78)58-52-46-42-41-44-50-56-68(5)6)92-75(80)60-54-48-40-36-37-43-49-55-67(3)4/h67-71,76H,7-66H2,1-6H3,(H,81,82)(H,83,84)/t69-,70-,71-/m1/s1. The van der Waals surface area contributed by atoms with E-state index in [0.717, 1.165) is 96.3 Å². The number of carbonyl (C=O) groups excluding carboxylic acids is 4. The van der Waals surface area contributed by atoms with Gasteiger partial charge in [0.2, 0.25) is 0 Å². The van der Waals surface area contributed by atoms with Crippen LogP contribution < -0.4 is 0 Å². The Labute approximate surface area is 575 Å². The number of carbonyl (C=O) groups is 4. The SMILES string of the molecule is CCCCCCCCCCCCCCCCCCCCC(=O)O[C@H](COC(=O)CCCCCCCCCCCCCCCCCCC)COP(=O)(O)OC[C@@H](O)COP(=O)(O)OC[C@@H](COC(=O)CCCCCCCCC(C)C)OC(=O)CCCCCCCCCC(C)C. The van der Waals surface area contributed by atoms with E-state index in [1.807, 2.05) is 0 Å². The predicted molar refractivity (Wildman–Crippen MR) is 381 cm³/mol. The highest BCUT2D eigenvalue weighted by Crippen LogP contribution is 2.45. The normalized spacial score (nSPS) is 14.0. The third kappa shape index (κ3) is 68.6. The molecule has 0 aromatic heterocycles. The summed E-state index contributed by atoms with van der Waals surface area (Å²) in [6, 6.07) is 0. The molecule has 0 aliphatic rings. The van der Waals surface area contributed by atoms with Crippen LogP contribution in [0.15, 0.2) is 0 Å². The van der Waals surface area contributed by atoms with Gasteiger partial charge in [0.25, 0.3) is 0 Å². The molecule has 17 nitrogen and oxygen atoms in total. The maximum atomic E-state index is 13.1. The highest BCUT2D eigenvalue weighted by Gasteiger charge is 2.30. The first-order valence-corrected chi connectivity index (χ1v) is 42.0. The van der Waals surface area contributed by atoms with Crippen LogP contribution in [0.1, 0.15) is 388 Å². The second-order valence-electron chi connectivity index (χ2n) is 28.0. The van der Waals surface area contributed by atoms with Gasteiger partial charge in [0.05, 0.1) is 26.4 Å². The molecule has 3 N–H and O–H groups in total. The fraction of sp³-hybridized carbons (Fsp3) is 0.947. The van der Waals surface area contributed by atoms with Crippen molar-refractivity contribution in [2.75, 3.05) is 39.6 Å². The number of aliphatic hydroxyl groups is 1. The number of aliphatic hydroxyl groups excluding tert-OH is 1. The number of ether oxygens (including phenoxy) is 4. The van der Waals surface area contributed by atoms with Gasteiger partial charge in [0.15, 0.2) is 12.2 Å². The molecule has 94 heavy (non-hydrogen) atoms. The fourth-order valence-corrected chi connectivity index (χ4v) is 13.1. The van der Waals surface area contributed by atoms with Crippen molar-refractivity contribution in [2.45, 2.75) is 407 Å². The molecule has 0 aromatic carbocycles. The zero-order chi connectivity index (χ0) is 69.3. The zero-order valence-electron chi connectivity index (χ0n) is 61.3. The van der Waals surface area contributed by atoms with E-state index in [0.29, 0.717) is 37.5 Å². The molecule has 0 aliphatic heterocycles. The summed E-state index contributed by atoms with van der Waals surface area (Å²) in [6.07, 6.45) is 54.5. The van der Waals surface area contributed by atoms with Crippen molar-refractivity contribution in [3.8, 4) is 0 Å². The second kappa shape index (κ2) is 66.9. The van der Waals surface area contributed by atoms with Gasteiger partial charge in [-0.05, 0) is 37.5 Å². The van der Waals surface area contributed by atoms with Crippen LogP contribution in [0.2, 0.25) is 0 Å². The van der Waals surface area contributed by atoms with E-state index in [2.05, 4.69) is 41.5 Å². The third-order valence-corrected chi connectivity index (χ3v) is 19.4. The first kappa shape index (κ1) is 92.1. The Balaban J connectivity index is 5.21. The van der Waals surface area contributed by atoms with Crippen molar-refractivity contribution in [2.24, 2.45) is 11.8 Å². The van der Waals surface area contributed by atoms with Gasteiger partial charge in [0.1, 0.15) is 19.3 Å². The molecule has 0 rings (SSSR count). The first-order chi connectivity index (χ1) is 45.4. The van der Waals surface area contributed by atoms with Gasteiger partial charge in [-0.2, -0.15) is 0 Å². The minimum Gasteiger partial charge on any atom is -0.462 e. The van der Waals surface area contributed by atoms with Gasteiger partial charge in [-0.1, -0.05) is 337 Å². The van der Waals surface area contributed by atoms with Crippen LogP contribution in [-0.2, 0) is 65.4 Å². The third-order valence-electron chi connectivity index (χ3n) is 17.5. The van der Waals surface area contributed by atoms with Crippen molar-refractivity contribution >= 4 is 39.5 Å². The minimum absolute atomic E-state index is 0.103. The van der Waals surface area contributed by atoms with E-state index < -0.39 is 97.5 Å². The number of unbranched alkanes of at least 4 members (excludes halogenated alkanes) is 44. The highest BCUT2D eigenvalue weighted by atomic mass is 31.2. The minimum atomic E-state index is -4.96. The van der Waals surface area contributed by atoms with Crippen molar-refractivity contribution in [3.63, 3.8) is 0 Å². The maximum absolute atomic E-state index is 13.1. The lowest BCUT2D eigenvalue weighted by molar-refractivity contribution is -0.161. The van der Waals surface area contributed by atoms with Gasteiger partial charge in [0, 0.05) is 25.7 Å². The lowest BCUT2D eigenvalue weighted by Gasteiger charge is -2.21. The van der Waals surface area contributed by atoms with E-state index >= 15 is 0 Å². The van der Waals surface area contributed by atoms with Crippen LogP contribution in [0.25, 0.3) is 0 Å². The molecule has 0 fully saturated rings. The number of esters is 4. The molecule has 0 saturated heterocycles. The summed E-state index contributed by atoms with van der Waals surface area (Å²) >= 11 is 0. The summed E-state index contributed by atoms with van der Waals surface area (Å²) in [5.74, 6) is -0.746. The van der Waals surface area contributed by atoms with E-state index in [1.165, 1.54) is 199 Å². The Bertz CT molecular complexity index is 1820. The highest BCUT2D eigenvalue weighted by molar-refractivity contribution is 7.47. The van der Waals surface area contributed by atoms with Crippen LogP contribution in [0.4, 0.5) is 0 Å². The summed E-state index contributed by atoms with van der Waals surface area (Å²) in [4.78, 5) is 72.7. The molecular weight excluding hydrogens is 1230 g/mol. The molecular formula is C75H146O17P2. The lowest BCUT2D eigenvalue weighted by Crippen LogP contribution is -2.30. The quantitative estimate of drug-likeness (QED) is 0.0222. The molecule has 0 heterocycles. The van der Waals surface area contributed by atoms with Crippen LogP contribution in [0.5, 0.6) is 0 Å². The zero-order valence-corrected chi connectivity index (χ0v) is 63.1. The van der Waals surface area contributed by atoms with E-state index in [4.69, 9.17) is 37.0 Å². The van der Waals surface area contributed by atoms with Crippen LogP contribution in [-0.4, -0.2) is 96.7 Å². The molecule has 0 aliphatic carbocycles. The molecule has 2 unspecified atom stereocenters. The lowest BCUT2D eigenvalue weighted by atomic mass is 10.0. The molecule has 558 valence electrons. The molecule has 0 amide bonds. The maximum Gasteiger partial charge on any atom is 0.472 e. The van der Waals surface area contributed by atoms with Gasteiger partial charge in [-0.25, -0.2) is 9.13 Å². The summed E-state index contributed by atoms with van der Waals surface area (Å²) < 4.78 is 68.4. The predicted octanol–water partition coefficient (Wildman–Crippen LogP) is 21.9. The Morgan fingerprint density at radius 2 is 0.489 bits per heavy atom. The smallest absolute Gasteiger partial charge is 0.462 e. The monoisotopic (exact) mass is 1380 g/mol. The molecule has 0 aromatic rings. The van der Waals surface area contributed by atoms with E-state index in [-0.39, 0.29) is 25.7 Å². The number of hydrogen-bond acceptors (Lipinski definition) is 15. The Hall–Kier alpha value is -1.94. The van der Waals surface area contributed by atoms with Crippen molar-refractivity contribution in [1.29, 1.82) is 0 Å². The van der Waals surface area contributed by atoms with Crippen LogP contribution in [0.3, 0.4) is 0 Å². The summed E-state index contributed by atoms with van der Waals surface area (Å²) in [5.41, 5.74) is 0. The molecule has 0 bridgehead atoms. The van der Waals surface area contributed by atoms with Gasteiger partial charge in [-0.3, -0.25) is 37.3 Å². The average Bonchev–Trinajstić information content (AvgIpc) is 1.50. The number of phosphoric acid groups is 2. The number of hydrogen-bond donors (Lipinski definition) is 3. The Morgan fingerprint density at radius 3 is 0.723 bits per heavy atom. The van der Waals surface area contributed by atoms with Gasteiger partial charge >= 0.3 is 39.5 Å². The van der Waals surface area contributed by atoms with Crippen LogP contribution in [0, 0.1) is 11.8 Å². The number of phosphoric ester groups is 2. The first-order valence-electron chi connectivity index (χ1n) is 39.0. The van der Waals surface area contributed by atoms with Crippen LogP contribution >= 0.6 is 15.6 Å². The van der Waals surface area contributed by atoms with E-state index in [9.17, 15) is 43.2 Å². The van der Waals surface area contributed by atoms with Gasteiger partial charge in [-0.15, -0.1) is 0 Å². The molecule has 0 saturated carbocycles. The molecule has 5 atom stereocenters. The largest absolute Gasteiger partial charge is 0.472 e. The molecule has 0 spiro atoms. The summed E-state index contributed by atoms with van der Waals surface area (Å²) in [5, 5.41) is 10.6. The second-order valence-corrected chi connectivity index (χ2v) is 30.9. The topological polar surface area (TPSA) is 237 Å². The van der Waals surface area contributed by atoms with Crippen molar-refractivity contribution in [1.82, 2.24) is 0 Å². The summed E-state index contributed by atoms with van der Waals surface area (Å²) in [7, 11) is -9.91. The van der Waals surface area contributed by atoms with Crippen molar-refractivity contribution < 1.29 is 80.2 Å².